The van der Waals surface area contributed by atoms with Gasteiger partial charge in [0.25, 0.3) is 0 Å². The molecule has 0 bridgehead atoms. The minimum absolute atomic E-state index is 0.00356. The highest BCUT2D eigenvalue weighted by molar-refractivity contribution is 9.10. The van der Waals surface area contributed by atoms with E-state index in [4.69, 9.17) is 4.74 Å². The third-order valence-electron chi connectivity index (χ3n) is 3.93. The van der Waals surface area contributed by atoms with Crippen molar-refractivity contribution >= 4 is 33.7 Å². The molecule has 1 aromatic heterocycles. The average Bonchev–Trinajstić information content (AvgIpc) is 3.10. The molecule has 3 aromatic rings. The van der Waals surface area contributed by atoms with Gasteiger partial charge in [0.15, 0.2) is 5.16 Å². The number of nitrogens with zero attached hydrogens (tertiary/aromatic N) is 2. The minimum atomic E-state index is -4.47. The maximum absolute atomic E-state index is 13.2. The number of alkyl halides is 3. The molecule has 0 atom stereocenters. The van der Waals surface area contributed by atoms with Gasteiger partial charge in [-0.25, -0.2) is 4.98 Å². The van der Waals surface area contributed by atoms with Gasteiger partial charge in [-0.15, -0.1) is 0 Å². The fraction of sp³-hybridized carbons (Fsp3) is 0.200. The number of carbonyl (C=O) groups is 1. The molecular weight excluding hydrogens is 469 g/mol. The Kier molecular flexibility index (Phi) is 6.69. The average molecular weight is 485 g/mol. The van der Waals surface area contributed by atoms with Gasteiger partial charge in [0.2, 0.25) is 0 Å². The molecule has 0 aliphatic heterocycles. The minimum Gasteiger partial charge on any atom is -0.465 e. The van der Waals surface area contributed by atoms with Crippen LogP contribution in [0.1, 0.15) is 12.5 Å². The molecule has 0 unspecified atom stereocenters. The summed E-state index contributed by atoms with van der Waals surface area (Å²) >= 11 is 4.48. The van der Waals surface area contributed by atoms with E-state index in [9.17, 15) is 18.0 Å². The topological polar surface area (TPSA) is 44.1 Å². The van der Waals surface area contributed by atoms with E-state index in [0.717, 1.165) is 33.9 Å². The highest BCUT2D eigenvalue weighted by atomic mass is 79.9. The van der Waals surface area contributed by atoms with Crippen molar-refractivity contribution in [2.24, 2.45) is 0 Å². The van der Waals surface area contributed by atoms with Crippen LogP contribution in [-0.2, 0) is 15.7 Å². The zero-order valence-corrected chi connectivity index (χ0v) is 17.6. The van der Waals surface area contributed by atoms with Gasteiger partial charge in [-0.05, 0) is 37.3 Å². The summed E-state index contributed by atoms with van der Waals surface area (Å²) in [6.45, 7) is 1.96. The number of halogens is 4. The normalized spacial score (nSPS) is 11.5. The summed E-state index contributed by atoms with van der Waals surface area (Å²) in [5.74, 6) is -0.412. The van der Waals surface area contributed by atoms with Crippen LogP contribution < -0.4 is 0 Å². The van der Waals surface area contributed by atoms with E-state index < -0.39 is 17.7 Å². The van der Waals surface area contributed by atoms with Crippen LogP contribution in [0.3, 0.4) is 0 Å². The Morgan fingerprint density at radius 2 is 1.93 bits per heavy atom. The second-order valence-corrected chi connectivity index (χ2v) is 7.77. The van der Waals surface area contributed by atoms with Crippen LogP contribution in [0.4, 0.5) is 13.2 Å². The summed E-state index contributed by atoms with van der Waals surface area (Å²) in [4.78, 5) is 16.1. The molecule has 1 heterocycles. The molecule has 3 rings (SSSR count). The highest BCUT2D eigenvalue weighted by Gasteiger charge is 2.31. The molecule has 0 N–H and O–H groups in total. The predicted molar refractivity (Wildman–Crippen MR) is 109 cm³/mol. The summed E-state index contributed by atoms with van der Waals surface area (Å²) in [7, 11) is 0. The zero-order valence-electron chi connectivity index (χ0n) is 15.2. The van der Waals surface area contributed by atoms with Crippen molar-refractivity contribution in [3.05, 3.63) is 64.8 Å². The molecule has 0 radical (unpaired) electrons. The Hall–Kier alpha value is -2.26. The molecule has 152 valence electrons. The number of aromatic nitrogens is 2. The number of benzene rings is 2. The molecule has 0 aliphatic carbocycles. The Labute approximate surface area is 178 Å². The molecule has 0 amide bonds. The monoisotopic (exact) mass is 484 g/mol. The summed E-state index contributed by atoms with van der Waals surface area (Å²) in [5.41, 5.74) is 0.942. The van der Waals surface area contributed by atoms with Crippen molar-refractivity contribution in [2.75, 3.05) is 12.4 Å². The summed E-state index contributed by atoms with van der Waals surface area (Å²) in [6, 6.07) is 12.4. The molecule has 4 nitrogen and oxygen atoms in total. The first-order valence-corrected chi connectivity index (χ1v) is 10.4. The quantitative estimate of drug-likeness (QED) is 0.319. The van der Waals surface area contributed by atoms with Gasteiger partial charge in [-0.1, -0.05) is 45.9 Å². The second kappa shape index (κ2) is 9.04. The van der Waals surface area contributed by atoms with E-state index in [1.807, 2.05) is 24.3 Å². The molecule has 9 heteroatoms. The molecule has 29 heavy (non-hydrogen) atoms. The summed E-state index contributed by atoms with van der Waals surface area (Å²) < 4.78 is 47.1. The zero-order chi connectivity index (χ0) is 21.0. The van der Waals surface area contributed by atoms with E-state index in [-0.39, 0.29) is 12.4 Å². The number of imidazole rings is 1. The lowest BCUT2D eigenvalue weighted by atomic mass is 10.1. The number of carbonyl (C=O) groups excluding carboxylic acids is 1. The number of ether oxygens (including phenoxy) is 1. The van der Waals surface area contributed by atoms with Gasteiger partial charge in [0.1, 0.15) is 0 Å². The Balaban J connectivity index is 2.07. The Morgan fingerprint density at radius 3 is 2.59 bits per heavy atom. The Bertz CT molecular complexity index is 1000. The predicted octanol–water partition coefficient (Wildman–Crippen LogP) is 5.98. The van der Waals surface area contributed by atoms with E-state index in [2.05, 4.69) is 20.9 Å². The van der Waals surface area contributed by atoms with E-state index in [0.29, 0.717) is 16.5 Å². The fourth-order valence-corrected chi connectivity index (χ4v) is 3.71. The van der Waals surface area contributed by atoms with Crippen molar-refractivity contribution in [3.63, 3.8) is 0 Å². The fourth-order valence-electron chi connectivity index (χ4n) is 2.66. The van der Waals surface area contributed by atoms with Gasteiger partial charge >= 0.3 is 12.1 Å². The van der Waals surface area contributed by atoms with Crippen molar-refractivity contribution in [1.82, 2.24) is 9.55 Å². The van der Waals surface area contributed by atoms with Crippen LogP contribution in [0.5, 0.6) is 0 Å². The highest BCUT2D eigenvalue weighted by Crippen LogP contribution is 2.34. The molecule has 0 saturated heterocycles. The standard InChI is InChI=1S/C20H16BrF3N2O2S/c1-2-28-18(27)12-29-19-25-11-17(13-6-8-15(21)9-7-13)26(19)16-5-3-4-14(10-16)20(22,23)24/h3-11H,2,12H2,1H3. The number of hydrogen-bond acceptors (Lipinski definition) is 4. The summed E-state index contributed by atoms with van der Waals surface area (Å²) in [6.07, 6.45) is -2.89. The molecule has 0 spiro atoms. The largest absolute Gasteiger partial charge is 0.465 e. The first-order valence-electron chi connectivity index (χ1n) is 8.59. The molecule has 2 aromatic carbocycles. The number of hydrogen-bond donors (Lipinski definition) is 0. The SMILES string of the molecule is CCOC(=O)CSc1ncc(-c2ccc(Br)cc2)n1-c1cccc(C(F)(F)F)c1. The third kappa shape index (κ3) is 5.22. The lowest BCUT2D eigenvalue weighted by Gasteiger charge is -2.14. The summed E-state index contributed by atoms with van der Waals surface area (Å²) in [5, 5.41) is 0.398. The number of esters is 1. The maximum atomic E-state index is 13.2. The smallest absolute Gasteiger partial charge is 0.416 e. The van der Waals surface area contributed by atoms with Crippen LogP contribution >= 0.6 is 27.7 Å². The number of rotatable bonds is 6. The van der Waals surface area contributed by atoms with E-state index in [1.165, 1.54) is 6.07 Å². The first kappa shape index (κ1) is 21.4. The van der Waals surface area contributed by atoms with Gasteiger partial charge in [-0.3, -0.25) is 9.36 Å². The van der Waals surface area contributed by atoms with Crippen LogP contribution in [0.25, 0.3) is 16.9 Å². The van der Waals surface area contributed by atoms with Crippen LogP contribution in [-0.4, -0.2) is 27.9 Å². The lowest BCUT2D eigenvalue weighted by Crippen LogP contribution is -2.09. The molecule has 0 fully saturated rings. The van der Waals surface area contributed by atoms with E-state index >= 15 is 0 Å². The van der Waals surface area contributed by atoms with Gasteiger partial charge in [-0.2, -0.15) is 13.2 Å². The van der Waals surface area contributed by atoms with Gasteiger partial charge < -0.3 is 4.74 Å². The second-order valence-electron chi connectivity index (χ2n) is 5.91. The van der Waals surface area contributed by atoms with Crippen molar-refractivity contribution in [1.29, 1.82) is 0 Å². The van der Waals surface area contributed by atoms with E-state index in [1.54, 1.807) is 23.8 Å². The van der Waals surface area contributed by atoms with Crippen LogP contribution in [0, 0.1) is 0 Å². The number of thioether (sulfide) groups is 1. The lowest BCUT2D eigenvalue weighted by molar-refractivity contribution is -0.140. The van der Waals surface area contributed by atoms with Gasteiger partial charge in [0.05, 0.1) is 29.8 Å². The van der Waals surface area contributed by atoms with Crippen LogP contribution in [0.15, 0.2) is 64.4 Å². The molecule has 0 saturated carbocycles. The third-order valence-corrected chi connectivity index (χ3v) is 5.38. The Morgan fingerprint density at radius 1 is 1.21 bits per heavy atom. The van der Waals surface area contributed by atoms with Gasteiger partial charge in [0, 0.05) is 15.7 Å². The van der Waals surface area contributed by atoms with Crippen molar-refractivity contribution in [2.45, 2.75) is 18.3 Å². The first-order chi connectivity index (χ1) is 13.8. The van der Waals surface area contributed by atoms with Crippen molar-refractivity contribution in [3.8, 4) is 16.9 Å². The van der Waals surface area contributed by atoms with Crippen molar-refractivity contribution < 1.29 is 22.7 Å². The maximum Gasteiger partial charge on any atom is 0.416 e. The molecular formula is C20H16BrF3N2O2S. The van der Waals surface area contributed by atoms with Crippen LogP contribution in [0.2, 0.25) is 0 Å². The molecule has 0 aliphatic rings.